The van der Waals surface area contributed by atoms with Crippen molar-refractivity contribution in [1.29, 1.82) is 0 Å². The summed E-state index contributed by atoms with van der Waals surface area (Å²) in [4.78, 5) is 179. The van der Waals surface area contributed by atoms with E-state index in [-0.39, 0.29) is 142 Å². The molecule has 10 amide bonds. The van der Waals surface area contributed by atoms with Crippen molar-refractivity contribution < 1.29 is 161 Å². The third-order valence-electron chi connectivity index (χ3n) is 18.0. The number of hydrogen-bond donors (Lipinski definition) is 10. The largest absolute Gasteiger partial charge is 0.756 e. The van der Waals surface area contributed by atoms with Crippen LogP contribution in [-0.4, -0.2) is 392 Å². The second-order valence-corrected chi connectivity index (χ2v) is 32.6. The van der Waals surface area contributed by atoms with Gasteiger partial charge in [0.15, 0.2) is 0 Å². The maximum Gasteiger partial charge on any atom is 0.268 e. The lowest BCUT2D eigenvalue weighted by Gasteiger charge is -2.32. The van der Waals surface area contributed by atoms with Gasteiger partial charge in [-0.25, -0.2) is 0 Å². The number of hydrogen-bond acceptors (Lipinski definition) is 36. The Kier molecular flexibility index (Phi) is 44.8. The van der Waals surface area contributed by atoms with Gasteiger partial charge in [-0.15, -0.1) is 0 Å². The SMILES string of the molecule is [B]CC(=O)N(CCNC(=O)CN)CC(=O)NCCN(CC(=O)NC[C@H]1O[C@@H]([B])CC1OP(=O)([O-])OC[C@H]1O[C@@H]([B])CC1OP(=O)([O-])OC[C@H]1O[C@@H]([B])CC1O)C(=O)C[B].[B][C@H]1CC(O)[C@@H](COP(=O)([O-])OC2C[C@H]([B])O[C@@H]2COP(=O)([O-])OC2C[C@H]([B])O[C@@H]2CNC(=O)CN(CCNC(=O)CN(CCNC(=O)CN)C(=O)CC)C(=O)CC)O1. The third kappa shape index (κ3) is 37.8. The zero-order chi connectivity index (χ0) is 87.8. The van der Waals surface area contributed by atoms with Gasteiger partial charge in [-0.05, 0) is 51.2 Å². The van der Waals surface area contributed by atoms with E-state index in [1.54, 1.807) is 13.8 Å². The first kappa shape index (κ1) is 104. The zero-order valence-corrected chi connectivity index (χ0v) is 68.5. The molecule has 6 aliphatic heterocycles. The third-order valence-corrected chi connectivity index (χ3v) is 21.9. The van der Waals surface area contributed by atoms with Gasteiger partial charge in [-0.1, -0.05) is 13.8 Å². The van der Waals surface area contributed by atoms with Gasteiger partial charge in [0, 0.05) is 114 Å². The Morgan fingerprint density at radius 1 is 0.373 bits per heavy atom. The molecule has 6 aliphatic rings. The first-order chi connectivity index (χ1) is 55.5. The molecule has 648 valence electrons. The molecule has 6 heterocycles. The van der Waals surface area contributed by atoms with Crippen LogP contribution in [0.15, 0.2) is 0 Å². The van der Waals surface area contributed by atoms with E-state index >= 15 is 0 Å². The van der Waals surface area contributed by atoms with E-state index in [9.17, 15) is 96.0 Å². The summed E-state index contributed by atoms with van der Waals surface area (Å²) in [6.07, 6.45) is -15.3. The highest BCUT2D eigenvalue weighted by Crippen LogP contribution is 2.49. The quantitative estimate of drug-likeness (QED) is 0.0200. The van der Waals surface area contributed by atoms with E-state index in [1.807, 2.05) is 0 Å². The van der Waals surface area contributed by atoms with Crippen molar-refractivity contribution in [2.24, 2.45) is 11.5 Å². The van der Waals surface area contributed by atoms with Crippen molar-refractivity contribution in [2.75, 3.05) is 131 Å². The van der Waals surface area contributed by atoms with Gasteiger partial charge in [0.1, 0.15) is 83.7 Å². The number of phosphoric acid groups is 4. The molecule has 22 atom stereocenters. The summed E-state index contributed by atoms with van der Waals surface area (Å²) in [5.74, 6) is -5.35. The van der Waals surface area contributed by atoms with Crippen molar-refractivity contribution in [1.82, 2.24) is 51.5 Å². The number of aliphatic hydroxyl groups is 2. The monoisotopic (exact) mass is 1740 g/mol. The number of aliphatic hydroxyl groups excluding tert-OH is 2. The number of nitrogens with zero attached hydrogens (tertiary/aromatic N) is 4. The minimum Gasteiger partial charge on any atom is -0.756 e. The summed E-state index contributed by atoms with van der Waals surface area (Å²) in [6, 6.07) is -5.69. The summed E-state index contributed by atoms with van der Waals surface area (Å²) < 4.78 is 123. The number of nitrogens with one attached hydrogen (secondary N) is 6. The smallest absolute Gasteiger partial charge is 0.268 e. The standard InChI is InChI=1S/C31H53B3N6O17P2.C29H47B5N6O17P2/c1-3-30(45)39(7-5-36-27(42)12-35)14-28(43)37-6-8-40(31(46)4-2)15-29(44)38-13-21-19(10-25(33)53-21)56-59(49,50)52-17-23-20(11-26(34)55-23)57-58(47,48)51-16-22-18(41)9-24(32)54-22;30-8-28(45)39(3-1-36-25(42)10-35)12-26(43)37-2-4-40(29(46)9-31)13-27(44)38-11-19-17(6-23(33)53-19)56-59(49,50)52-15-21-18(7-24(34)55-21)57-58(47,48)51-14-20-16(41)5-22(32)54-20/h18-26,41H,3-17,35H2,1-2H3,(H,36,42)(H,37,43)(H,38,44)(H,47,48)(H,49,50);16-24,41H,1-15,35H2,(H,36,42)(H,37,43)(H,38,44)(H,47,48)(H,49,50)/p-4/t18?,19?,20?,21-,22-,23-,24-,25-,26-;16?,17?,18?,19-,20-,21-,22-,23-,24-/m11/s1. The summed E-state index contributed by atoms with van der Waals surface area (Å²) >= 11 is 0. The average Bonchev–Trinajstić information content (AvgIpc) is 1.68. The Morgan fingerprint density at radius 3 is 0.856 bits per heavy atom. The van der Waals surface area contributed by atoms with E-state index in [0.717, 1.165) is 9.80 Å². The highest BCUT2D eigenvalue weighted by Gasteiger charge is 2.44. The molecule has 0 aromatic heterocycles. The second kappa shape index (κ2) is 50.9. The highest BCUT2D eigenvalue weighted by atomic mass is 31.2. The van der Waals surface area contributed by atoms with Gasteiger partial charge in [0.05, 0.1) is 118 Å². The van der Waals surface area contributed by atoms with E-state index in [2.05, 4.69) is 31.9 Å². The fourth-order valence-electron chi connectivity index (χ4n) is 12.0. The molecule has 0 bridgehead atoms. The average molecular weight is 1740 g/mol. The van der Waals surface area contributed by atoms with Gasteiger partial charge in [0.25, 0.3) is 31.3 Å². The maximum atomic E-state index is 12.9. The minimum absolute atomic E-state index is 0.0228. The zero-order valence-electron chi connectivity index (χ0n) is 64.9. The van der Waals surface area contributed by atoms with Crippen LogP contribution >= 0.6 is 31.3 Å². The number of phosphoric ester groups is 4. The molecule has 16 radical (unpaired) electrons. The van der Waals surface area contributed by atoms with Crippen LogP contribution in [0.4, 0.5) is 0 Å². The minimum atomic E-state index is -5.19. The lowest BCUT2D eigenvalue weighted by atomic mass is 9.96. The normalized spacial score (nSPS) is 28.6. The van der Waals surface area contributed by atoms with Crippen LogP contribution in [0.5, 0.6) is 0 Å². The topological polar surface area (TPSA) is 638 Å². The van der Waals surface area contributed by atoms with Gasteiger partial charge in [-0.2, -0.15) is 0 Å². The van der Waals surface area contributed by atoms with Crippen LogP contribution in [0.1, 0.15) is 65.2 Å². The predicted molar refractivity (Wildman–Crippen MR) is 404 cm³/mol. The molecule has 0 aromatic carbocycles. The molecule has 6 fully saturated rings. The number of amides is 10. The molecule has 0 spiro atoms. The molecule has 0 aromatic rings. The van der Waals surface area contributed by atoms with E-state index in [0.29, 0.717) is 0 Å². The molecule has 58 heteroatoms. The molecule has 6 rings (SSSR count). The highest BCUT2D eigenvalue weighted by molar-refractivity contribution is 7.46. The molecular formula is C60H96B8N12O34P4-4. The lowest BCUT2D eigenvalue weighted by Crippen LogP contribution is -2.48. The lowest BCUT2D eigenvalue weighted by molar-refractivity contribution is -0.239. The van der Waals surface area contributed by atoms with Crippen molar-refractivity contribution in [2.45, 2.75) is 187 Å². The Balaban J connectivity index is 0.000000420. The van der Waals surface area contributed by atoms with Gasteiger partial charge >= 0.3 is 0 Å². The van der Waals surface area contributed by atoms with Crippen LogP contribution in [0.2, 0.25) is 12.6 Å². The van der Waals surface area contributed by atoms with Crippen molar-refractivity contribution in [3.05, 3.63) is 0 Å². The van der Waals surface area contributed by atoms with E-state index in [4.69, 9.17) is 139 Å². The fourth-order valence-corrected chi connectivity index (χ4v) is 15.8. The molecule has 0 saturated carbocycles. The van der Waals surface area contributed by atoms with Crippen molar-refractivity contribution >= 4 is 153 Å². The molecule has 10 unspecified atom stereocenters. The predicted octanol–water partition coefficient (Wildman–Crippen LogP) is -12.2. The summed E-state index contributed by atoms with van der Waals surface area (Å²) in [5, 5.41) is 34.9. The Labute approximate surface area is 692 Å². The van der Waals surface area contributed by atoms with Gasteiger partial charge in [0.2, 0.25) is 59.1 Å². The van der Waals surface area contributed by atoms with Gasteiger partial charge < -0.3 is 157 Å². The Morgan fingerprint density at radius 2 is 0.602 bits per heavy atom. The Hall–Kier alpha value is -4.74. The van der Waals surface area contributed by atoms with Crippen LogP contribution in [0, 0.1) is 0 Å². The fraction of sp³-hybridized carbons (Fsp3) is 0.833. The van der Waals surface area contributed by atoms with Crippen molar-refractivity contribution in [3.63, 3.8) is 0 Å². The van der Waals surface area contributed by atoms with Gasteiger partial charge in [-0.3, -0.25) is 66.2 Å². The molecular weight excluding hydrogens is 1640 g/mol. The number of carbonyl (C=O) groups is 10. The molecule has 0 aliphatic carbocycles. The number of nitrogens with two attached hydrogens (primary N) is 2. The maximum absolute atomic E-state index is 12.9. The second-order valence-electron chi connectivity index (χ2n) is 27.2. The first-order valence-electron chi connectivity index (χ1n) is 37.4. The van der Waals surface area contributed by atoms with Crippen LogP contribution in [0.3, 0.4) is 0 Å². The first-order valence-corrected chi connectivity index (χ1v) is 43.2. The Bertz CT molecular complexity index is 3280. The number of rotatable bonds is 50. The van der Waals surface area contributed by atoms with Crippen LogP contribution in [-0.2, 0) is 131 Å². The number of ether oxygens (including phenoxy) is 6. The van der Waals surface area contributed by atoms with E-state index in [1.165, 1.54) is 9.80 Å². The molecule has 118 heavy (non-hydrogen) atoms. The van der Waals surface area contributed by atoms with Crippen LogP contribution < -0.4 is 62.9 Å². The molecule has 12 N–H and O–H groups in total. The van der Waals surface area contributed by atoms with Crippen molar-refractivity contribution in [3.8, 4) is 0 Å². The van der Waals surface area contributed by atoms with Crippen LogP contribution in [0.25, 0.3) is 0 Å². The summed E-state index contributed by atoms with van der Waals surface area (Å²) in [6.45, 7) is -2.62. The molecule has 46 nitrogen and oxygen atoms in total. The summed E-state index contributed by atoms with van der Waals surface area (Å²) in [5.41, 5.74) is 10.5. The summed E-state index contributed by atoms with van der Waals surface area (Å²) in [7, 11) is 24.9. The van der Waals surface area contributed by atoms with E-state index < -0.39 is 252 Å². The number of carbonyl (C=O) groups excluding carboxylic acids is 10. The molecule has 6 saturated heterocycles.